The van der Waals surface area contributed by atoms with Gasteiger partial charge in [-0.15, -0.1) is 0 Å². The summed E-state index contributed by atoms with van der Waals surface area (Å²) in [5, 5.41) is 20.5. The number of carboxylic acids is 1. The van der Waals surface area contributed by atoms with E-state index in [2.05, 4.69) is 4.90 Å². The van der Waals surface area contributed by atoms with Crippen LogP contribution in [-0.2, 0) is 22.8 Å². The van der Waals surface area contributed by atoms with E-state index >= 15 is 0 Å². The quantitative estimate of drug-likeness (QED) is 0.155. The number of aliphatic hydroxyl groups excluding tert-OH is 1. The van der Waals surface area contributed by atoms with E-state index in [0.29, 0.717) is 42.2 Å². The normalized spacial score (nSPS) is 22.8. The Kier molecular flexibility index (Phi) is 10.2. The number of rotatable bonds is 14. The number of benzene rings is 3. The number of carbonyl (C=O) groups is 3. The number of amides is 1. The van der Waals surface area contributed by atoms with Crippen molar-refractivity contribution in [3.8, 4) is 11.5 Å². The molecule has 0 radical (unpaired) electrons. The van der Waals surface area contributed by atoms with Crippen LogP contribution >= 0.6 is 11.6 Å². The lowest BCUT2D eigenvalue weighted by Crippen LogP contribution is -2.63. The lowest BCUT2D eigenvalue weighted by atomic mass is 9.77. The Balaban J connectivity index is 1.15. The van der Waals surface area contributed by atoms with Crippen LogP contribution in [0.1, 0.15) is 61.0 Å². The summed E-state index contributed by atoms with van der Waals surface area (Å²) in [4.78, 5) is 42.3. The summed E-state index contributed by atoms with van der Waals surface area (Å²) in [6, 6.07) is 22.6. The van der Waals surface area contributed by atoms with Crippen molar-refractivity contribution in [3.05, 3.63) is 106 Å². The van der Waals surface area contributed by atoms with Crippen LogP contribution in [0.2, 0.25) is 5.02 Å². The number of ketones is 1. The lowest BCUT2D eigenvalue weighted by molar-refractivity contribution is -0.163. The van der Waals surface area contributed by atoms with Gasteiger partial charge in [0, 0.05) is 30.5 Å². The maximum atomic E-state index is 13.7. The van der Waals surface area contributed by atoms with Crippen LogP contribution in [0.5, 0.6) is 11.5 Å². The Hall–Kier alpha value is -4.18. The molecule has 0 bridgehead atoms. The fourth-order valence-corrected chi connectivity index (χ4v) is 7.72. The molecule has 0 aliphatic carbocycles. The number of hydrogen-bond acceptors (Lipinski definition) is 7. The summed E-state index contributed by atoms with van der Waals surface area (Å²) in [7, 11) is 0. The van der Waals surface area contributed by atoms with Crippen LogP contribution in [0.25, 0.3) is 0 Å². The van der Waals surface area contributed by atoms with Crippen molar-refractivity contribution in [3.63, 3.8) is 0 Å². The third-order valence-corrected chi connectivity index (χ3v) is 10.3. The first-order valence-corrected chi connectivity index (χ1v) is 16.9. The molecule has 48 heavy (non-hydrogen) atoms. The minimum absolute atomic E-state index is 0.0421. The molecule has 0 spiro atoms. The first-order valence-electron chi connectivity index (χ1n) is 16.6. The average Bonchev–Trinajstić information content (AvgIpc) is 3.62. The third-order valence-electron chi connectivity index (χ3n) is 9.92. The molecule has 9 nitrogen and oxygen atoms in total. The second-order valence-corrected chi connectivity index (χ2v) is 13.3. The van der Waals surface area contributed by atoms with Crippen LogP contribution in [-0.4, -0.2) is 68.9 Å². The number of aliphatic carboxylic acids is 1. The number of β-lactam (4-membered cyclic amide) rings is 1. The number of nitrogens with zero attached hydrogens (tertiary/aromatic N) is 2. The zero-order chi connectivity index (χ0) is 33.9. The molecule has 0 saturated carbocycles. The Morgan fingerprint density at radius 2 is 1.62 bits per heavy atom. The lowest BCUT2D eigenvalue weighted by Gasteiger charge is -2.46. The highest BCUT2D eigenvalue weighted by atomic mass is 35.5. The zero-order valence-corrected chi connectivity index (χ0v) is 27.9. The molecule has 3 aliphatic rings. The number of Topliss-reactive ketones (excluding diaryl/α,β-unsaturated/α-hetero) is 1. The Morgan fingerprint density at radius 1 is 0.979 bits per heavy atom. The van der Waals surface area contributed by atoms with E-state index in [-0.39, 0.29) is 53.4 Å². The molecule has 1 unspecified atom stereocenters. The van der Waals surface area contributed by atoms with Gasteiger partial charge in [-0.1, -0.05) is 79.2 Å². The van der Waals surface area contributed by atoms with Gasteiger partial charge in [0.1, 0.15) is 18.9 Å². The van der Waals surface area contributed by atoms with Gasteiger partial charge in [0.05, 0.1) is 23.1 Å². The molecular formula is C38H41ClN2O7. The summed E-state index contributed by atoms with van der Waals surface area (Å²) in [5.41, 5.74) is 3.05. The number of carbonyl (C=O) groups excluding carboxylic acids is 2. The van der Waals surface area contributed by atoms with E-state index in [1.54, 1.807) is 19.1 Å². The second-order valence-electron chi connectivity index (χ2n) is 13.0. The van der Waals surface area contributed by atoms with Crippen molar-refractivity contribution in [1.82, 2.24) is 9.80 Å². The molecule has 2 saturated heterocycles. The molecule has 252 valence electrons. The van der Waals surface area contributed by atoms with Gasteiger partial charge < -0.3 is 24.6 Å². The number of hydrogen-bond donors (Lipinski definition) is 2. The third kappa shape index (κ3) is 6.72. The summed E-state index contributed by atoms with van der Waals surface area (Å²) < 4.78 is 12.3. The van der Waals surface area contributed by atoms with Crippen molar-refractivity contribution >= 4 is 29.3 Å². The van der Waals surface area contributed by atoms with Gasteiger partial charge in [-0.2, -0.15) is 0 Å². The van der Waals surface area contributed by atoms with Crippen LogP contribution in [0, 0.1) is 11.8 Å². The van der Waals surface area contributed by atoms with Gasteiger partial charge in [-0.05, 0) is 61.6 Å². The van der Waals surface area contributed by atoms with Crippen LogP contribution in [0.4, 0.5) is 0 Å². The smallest absolute Gasteiger partial charge is 0.352 e. The van der Waals surface area contributed by atoms with Gasteiger partial charge >= 0.3 is 5.97 Å². The van der Waals surface area contributed by atoms with E-state index in [0.717, 1.165) is 30.5 Å². The van der Waals surface area contributed by atoms with Crippen molar-refractivity contribution in [1.29, 1.82) is 0 Å². The van der Waals surface area contributed by atoms with E-state index < -0.39 is 18.0 Å². The predicted molar refractivity (Wildman–Crippen MR) is 181 cm³/mol. The van der Waals surface area contributed by atoms with Gasteiger partial charge in [-0.25, -0.2) is 4.79 Å². The molecule has 3 aromatic carbocycles. The number of aliphatic hydroxyl groups is 1. The SMILES string of the molecule is C[C@@H](O)[C@H]1C(=O)N2C(C(=O)O)=C(CN3CCCC3CCC(=O)c3ccc(OCc4ccccc4)c(OCc4ccccc4)c3Cl)[C@H](C)[C@H]12. The van der Waals surface area contributed by atoms with Crippen LogP contribution < -0.4 is 9.47 Å². The molecule has 3 heterocycles. The monoisotopic (exact) mass is 672 g/mol. The highest BCUT2D eigenvalue weighted by Gasteiger charge is 2.59. The molecule has 6 rings (SSSR count). The van der Waals surface area contributed by atoms with E-state index in [1.165, 1.54) is 4.90 Å². The van der Waals surface area contributed by atoms with Gasteiger partial charge in [0.15, 0.2) is 17.3 Å². The van der Waals surface area contributed by atoms with Crippen molar-refractivity contribution in [2.45, 2.75) is 70.9 Å². The minimum atomic E-state index is -1.13. The number of fused-ring (bicyclic) bond motifs is 1. The van der Waals surface area contributed by atoms with Crippen LogP contribution in [0.15, 0.2) is 84.1 Å². The maximum Gasteiger partial charge on any atom is 0.352 e. The van der Waals surface area contributed by atoms with E-state index in [4.69, 9.17) is 21.1 Å². The second kappa shape index (κ2) is 14.5. The molecule has 0 aromatic heterocycles. The fourth-order valence-electron chi connectivity index (χ4n) is 7.40. The first kappa shape index (κ1) is 33.7. The highest BCUT2D eigenvalue weighted by molar-refractivity contribution is 6.35. The average molecular weight is 673 g/mol. The molecular weight excluding hydrogens is 632 g/mol. The summed E-state index contributed by atoms with van der Waals surface area (Å²) in [5.74, 6) is -1.58. The predicted octanol–water partition coefficient (Wildman–Crippen LogP) is 6.12. The molecule has 3 aliphatic heterocycles. The zero-order valence-electron chi connectivity index (χ0n) is 27.2. The topological polar surface area (TPSA) is 117 Å². The summed E-state index contributed by atoms with van der Waals surface area (Å²) in [6.07, 6.45) is 1.79. The molecule has 2 fully saturated rings. The Bertz CT molecular complexity index is 1690. The largest absolute Gasteiger partial charge is 0.485 e. The van der Waals surface area contributed by atoms with E-state index in [9.17, 15) is 24.6 Å². The summed E-state index contributed by atoms with van der Waals surface area (Å²) in [6.45, 7) is 5.26. The van der Waals surface area contributed by atoms with Crippen LogP contribution in [0.3, 0.4) is 0 Å². The minimum Gasteiger partial charge on any atom is -0.485 e. The van der Waals surface area contributed by atoms with Gasteiger partial charge in [0.2, 0.25) is 5.91 Å². The first-order chi connectivity index (χ1) is 23.2. The fraction of sp³-hybridized carbons (Fsp3) is 0.395. The Labute approximate surface area is 285 Å². The van der Waals surface area contributed by atoms with Crippen molar-refractivity contribution < 1.29 is 34.1 Å². The summed E-state index contributed by atoms with van der Waals surface area (Å²) >= 11 is 6.89. The maximum absolute atomic E-state index is 13.7. The number of likely N-dealkylation sites (tertiary alicyclic amines) is 1. The van der Waals surface area contributed by atoms with Gasteiger partial charge in [-0.3, -0.25) is 14.5 Å². The van der Waals surface area contributed by atoms with Crippen molar-refractivity contribution in [2.75, 3.05) is 13.1 Å². The molecule has 2 N–H and O–H groups in total. The highest BCUT2D eigenvalue weighted by Crippen LogP contribution is 2.48. The molecule has 5 atom stereocenters. The number of ether oxygens (including phenoxy) is 2. The number of halogens is 1. The van der Waals surface area contributed by atoms with Crippen molar-refractivity contribution in [2.24, 2.45) is 11.8 Å². The molecule has 10 heteroatoms. The van der Waals surface area contributed by atoms with E-state index in [1.807, 2.05) is 67.6 Å². The molecule has 1 amide bonds. The van der Waals surface area contributed by atoms with Gasteiger partial charge in [0.25, 0.3) is 0 Å². The Morgan fingerprint density at radius 3 is 2.25 bits per heavy atom. The number of carboxylic acid groups (broad SMARTS) is 1. The standard InChI is InChI=1S/C38H41ClN2O7/c1-23-29(35(38(45)46)41-34(23)32(24(2)42)37(41)44)20-40-19-9-14-27(40)15-17-30(43)28-16-18-31(47-21-25-10-5-3-6-11-25)36(33(28)39)48-22-26-12-7-4-8-13-26/h3-8,10-13,16,18,23-24,27,32,34,42H,9,14-15,17,19-22H2,1-2H3,(H,45,46)/t23-,24+,27?,32+,34+/m0/s1. The molecule has 3 aromatic rings.